The highest BCUT2D eigenvalue weighted by Crippen LogP contribution is 2.24. The third kappa shape index (κ3) is 6.29. The Hall–Kier alpha value is -2.90. The van der Waals surface area contributed by atoms with Gasteiger partial charge in [-0.3, -0.25) is 14.5 Å². The highest BCUT2D eigenvalue weighted by atomic mass is 16.5. The monoisotopic (exact) mass is 424 g/mol. The molecule has 1 saturated heterocycles. The van der Waals surface area contributed by atoms with Crippen LogP contribution in [-0.4, -0.2) is 63.7 Å². The Bertz CT molecular complexity index is 859. The molecule has 1 aliphatic rings. The summed E-state index contributed by atoms with van der Waals surface area (Å²) in [5, 5.41) is 5.48. The Kier molecular flexibility index (Phi) is 8.03. The zero-order valence-corrected chi connectivity index (χ0v) is 18.6. The average molecular weight is 425 g/mol. The van der Waals surface area contributed by atoms with E-state index in [9.17, 15) is 9.59 Å². The van der Waals surface area contributed by atoms with Crippen LogP contribution in [-0.2, 0) is 20.7 Å². The van der Waals surface area contributed by atoms with Gasteiger partial charge in [-0.05, 0) is 41.8 Å². The van der Waals surface area contributed by atoms with Gasteiger partial charge >= 0.3 is 11.8 Å². The van der Waals surface area contributed by atoms with E-state index < -0.39 is 11.8 Å². The topological polar surface area (TPSA) is 73.9 Å². The number of carbonyl (C=O) groups is 2. The molecular formula is C24H32N4O3. The second-order valence-corrected chi connectivity index (χ2v) is 7.86. The molecule has 0 aromatic heterocycles. The number of anilines is 2. The standard InChI is InChI=1S/C24H32N4O3/c1-4-18-5-9-20(10-6-18)26-24(30)23(29)25-17-22(28-13-15-31-16-14-28)19-7-11-21(12-8-19)27(2)3/h5-12,22H,4,13-17H2,1-3H3,(H,25,29)(H,26,30)/t22-/m0/s1. The first kappa shape index (κ1) is 22.8. The van der Waals surface area contributed by atoms with Crippen molar-refractivity contribution in [3.63, 3.8) is 0 Å². The van der Waals surface area contributed by atoms with Crippen molar-refractivity contribution in [1.82, 2.24) is 10.2 Å². The van der Waals surface area contributed by atoms with Gasteiger partial charge in [0.2, 0.25) is 0 Å². The molecule has 166 valence electrons. The van der Waals surface area contributed by atoms with Gasteiger partial charge in [0.15, 0.2) is 0 Å². The van der Waals surface area contributed by atoms with Gasteiger partial charge in [-0.15, -0.1) is 0 Å². The average Bonchev–Trinajstić information content (AvgIpc) is 2.80. The number of rotatable bonds is 7. The molecule has 1 heterocycles. The third-order valence-corrected chi connectivity index (χ3v) is 5.56. The molecule has 1 fully saturated rings. The maximum Gasteiger partial charge on any atom is 0.313 e. The van der Waals surface area contributed by atoms with Gasteiger partial charge in [-0.1, -0.05) is 31.2 Å². The van der Waals surface area contributed by atoms with Crippen molar-refractivity contribution in [2.45, 2.75) is 19.4 Å². The highest BCUT2D eigenvalue weighted by molar-refractivity contribution is 6.39. The minimum absolute atomic E-state index is 0.0271. The number of aryl methyl sites for hydroxylation is 1. The van der Waals surface area contributed by atoms with Gasteiger partial charge in [0, 0.05) is 45.1 Å². The molecule has 1 atom stereocenters. The molecule has 2 N–H and O–H groups in total. The van der Waals surface area contributed by atoms with Crippen LogP contribution in [0.25, 0.3) is 0 Å². The third-order valence-electron chi connectivity index (χ3n) is 5.56. The predicted molar refractivity (Wildman–Crippen MR) is 123 cm³/mol. The molecular weight excluding hydrogens is 392 g/mol. The SMILES string of the molecule is CCc1ccc(NC(=O)C(=O)NC[C@@H](c2ccc(N(C)C)cc2)N2CCOCC2)cc1. The van der Waals surface area contributed by atoms with Crippen LogP contribution in [0.15, 0.2) is 48.5 Å². The van der Waals surface area contributed by atoms with E-state index in [-0.39, 0.29) is 6.04 Å². The first-order chi connectivity index (χ1) is 15.0. The Morgan fingerprint density at radius 3 is 2.23 bits per heavy atom. The number of morpholine rings is 1. The van der Waals surface area contributed by atoms with Gasteiger partial charge in [-0.2, -0.15) is 0 Å². The second kappa shape index (κ2) is 10.9. The summed E-state index contributed by atoms with van der Waals surface area (Å²) in [5.74, 6) is -1.30. The van der Waals surface area contributed by atoms with Gasteiger partial charge in [-0.25, -0.2) is 0 Å². The van der Waals surface area contributed by atoms with Crippen molar-refractivity contribution in [1.29, 1.82) is 0 Å². The van der Waals surface area contributed by atoms with Crippen molar-refractivity contribution >= 4 is 23.2 Å². The smallest absolute Gasteiger partial charge is 0.313 e. The number of amides is 2. The Labute approximate surface area is 184 Å². The fourth-order valence-corrected chi connectivity index (χ4v) is 3.62. The maximum absolute atomic E-state index is 12.5. The molecule has 0 radical (unpaired) electrons. The van der Waals surface area contributed by atoms with E-state index >= 15 is 0 Å². The number of hydrogen-bond donors (Lipinski definition) is 2. The number of hydrogen-bond acceptors (Lipinski definition) is 5. The predicted octanol–water partition coefficient (Wildman–Crippen LogP) is 2.44. The van der Waals surface area contributed by atoms with Crippen LogP contribution in [0, 0.1) is 0 Å². The van der Waals surface area contributed by atoms with Gasteiger partial charge in [0.25, 0.3) is 0 Å². The summed E-state index contributed by atoms with van der Waals surface area (Å²) >= 11 is 0. The number of nitrogens with one attached hydrogen (secondary N) is 2. The second-order valence-electron chi connectivity index (χ2n) is 7.86. The van der Waals surface area contributed by atoms with Crippen LogP contribution < -0.4 is 15.5 Å². The molecule has 2 aromatic carbocycles. The first-order valence-corrected chi connectivity index (χ1v) is 10.7. The molecule has 2 aromatic rings. The zero-order chi connectivity index (χ0) is 22.2. The molecule has 0 bridgehead atoms. The fraction of sp³-hybridized carbons (Fsp3) is 0.417. The van der Waals surface area contributed by atoms with Gasteiger partial charge in [0.05, 0.1) is 19.3 Å². The molecule has 2 amide bonds. The van der Waals surface area contributed by atoms with E-state index in [0.717, 1.165) is 30.8 Å². The van der Waals surface area contributed by atoms with E-state index in [1.54, 1.807) is 0 Å². The molecule has 7 heteroatoms. The van der Waals surface area contributed by atoms with Crippen molar-refractivity contribution in [3.05, 3.63) is 59.7 Å². The summed E-state index contributed by atoms with van der Waals surface area (Å²) in [6, 6.07) is 15.8. The molecule has 0 unspecified atom stereocenters. The molecule has 0 saturated carbocycles. The highest BCUT2D eigenvalue weighted by Gasteiger charge is 2.24. The number of benzene rings is 2. The van der Waals surface area contributed by atoms with E-state index in [4.69, 9.17) is 4.74 Å². The largest absolute Gasteiger partial charge is 0.379 e. The van der Waals surface area contributed by atoms with Gasteiger partial charge < -0.3 is 20.3 Å². The summed E-state index contributed by atoms with van der Waals surface area (Å²) in [6.07, 6.45) is 0.924. The maximum atomic E-state index is 12.5. The lowest BCUT2D eigenvalue weighted by atomic mass is 10.0. The minimum atomic E-state index is -0.659. The van der Waals surface area contributed by atoms with Crippen LogP contribution in [0.3, 0.4) is 0 Å². The Balaban J connectivity index is 1.64. The first-order valence-electron chi connectivity index (χ1n) is 10.7. The molecule has 31 heavy (non-hydrogen) atoms. The van der Waals surface area contributed by atoms with Gasteiger partial charge in [0.1, 0.15) is 0 Å². The number of ether oxygens (including phenoxy) is 1. The molecule has 3 rings (SSSR count). The summed E-state index contributed by atoms with van der Waals surface area (Å²) in [7, 11) is 4.01. The number of carbonyl (C=O) groups excluding carboxylic acids is 2. The lowest BCUT2D eigenvalue weighted by Gasteiger charge is -2.35. The quantitative estimate of drug-likeness (QED) is 0.668. The van der Waals surface area contributed by atoms with Crippen LogP contribution in [0.4, 0.5) is 11.4 Å². The van der Waals surface area contributed by atoms with E-state index in [0.29, 0.717) is 25.4 Å². The van der Waals surface area contributed by atoms with E-state index in [1.165, 1.54) is 5.56 Å². The van der Waals surface area contributed by atoms with Crippen molar-refractivity contribution in [3.8, 4) is 0 Å². The van der Waals surface area contributed by atoms with Crippen LogP contribution in [0.2, 0.25) is 0 Å². The van der Waals surface area contributed by atoms with E-state index in [2.05, 4.69) is 46.7 Å². The molecule has 0 spiro atoms. The summed E-state index contributed by atoms with van der Waals surface area (Å²) < 4.78 is 5.48. The van der Waals surface area contributed by atoms with Crippen LogP contribution in [0.1, 0.15) is 24.1 Å². The normalized spacial score (nSPS) is 15.2. The zero-order valence-electron chi connectivity index (χ0n) is 18.6. The van der Waals surface area contributed by atoms with Crippen molar-refractivity contribution < 1.29 is 14.3 Å². The Morgan fingerprint density at radius 1 is 1.00 bits per heavy atom. The molecule has 0 aliphatic carbocycles. The molecule has 1 aliphatic heterocycles. The molecule has 7 nitrogen and oxygen atoms in total. The minimum Gasteiger partial charge on any atom is -0.379 e. The lowest BCUT2D eigenvalue weighted by molar-refractivity contribution is -0.136. The Morgan fingerprint density at radius 2 is 1.65 bits per heavy atom. The van der Waals surface area contributed by atoms with Crippen molar-refractivity contribution in [2.24, 2.45) is 0 Å². The summed E-state index contributed by atoms with van der Waals surface area (Å²) in [5.41, 5.74) is 4.00. The number of nitrogens with zero attached hydrogens (tertiary/aromatic N) is 2. The summed E-state index contributed by atoms with van der Waals surface area (Å²) in [4.78, 5) is 29.1. The van der Waals surface area contributed by atoms with Crippen molar-refractivity contribution in [2.75, 3.05) is 57.2 Å². The summed E-state index contributed by atoms with van der Waals surface area (Å²) in [6.45, 7) is 5.31. The fourth-order valence-electron chi connectivity index (χ4n) is 3.62. The van der Waals surface area contributed by atoms with Crippen LogP contribution >= 0.6 is 0 Å². The van der Waals surface area contributed by atoms with Crippen LogP contribution in [0.5, 0.6) is 0 Å². The van der Waals surface area contributed by atoms with E-state index in [1.807, 2.05) is 43.3 Å². The lowest BCUT2D eigenvalue weighted by Crippen LogP contribution is -2.45.